The summed E-state index contributed by atoms with van der Waals surface area (Å²) in [6, 6.07) is 19.4. The smallest absolute Gasteiger partial charge is 0.227 e. The minimum Gasteiger partial charge on any atom is -0.436 e. The van der Waals surface area contributed by atoms with Crippen LogP contribution in [0.3, 0.4) is 0 Å². The van der Waals surface area contributed by atoms with E-state index in [1.165, 1.54) is 0 Å². The number of benzene rings is 2. The van der Waals surface area contributed by atoms with E-state index in [0.717, 1.165) is 11.1 Å². The molecule has 0 radical (unpaired) electrons. The van der Waals surface area contributed by atoms with Crippen LogP contribution in [-0.2, 0) is 6.61 Å². The number of aliphatic hydroxyl groups excluding tert-OH is 1. The lowest BCUT2D eigenvalue weighted by atomic mass is 10.1. The fraction of sp³-hybridized carbons (Fsp3) is 0.0625. The normalized spacial score (nSPS) is 10.6. The van der Waals surface area contributed by atoms with Gasteiger partial charge >= 0.3 is 0 Å². The van der Waals surface area contributed by atoms with Gasteiger partial charge < -0.3 is 9.52 Å². The van der Waals surface area contributed by atoms with Crippen LogP contribution in [0.4, 0.5) is 0 Å². The molecule has 0 atom stereocenters. The van der Waals surface area contributed by atoms with Crippen LogP contribution in [0.5, 0.6) is 0 Å². The maximum atomic E-state index is 9.42. The number of aromatic nitrogens is 1. The Bertz CT molecular complexity index is 660. The first kappa shape index (κ1) is 11.7. The van der Waals surface area contributed by atoms with Crippen molar-refractivity contribution in [3.05, 3.63) is 66.4 Å². The molecule has 0 bridgehead atoms. The minimum absolute atomic E-state index is 0.138. The molecule has 1 N–H and O–H groups in total. The molecule has 0 saturated carbocycles. The fourth-order valence-electron chi connectivity index (χ4n) is 1.98. The topological polar surface area (TPSA) is 46.3 Å². The molecule has 94 valence electrons. The second kappa shape index (κ2) is 5.08. The highest BCUT2D eigenvalue weighted by atomic mass is 16.4. The molecule has 0 spiro atoms. The first-order chi connectivity index (χ1) is 9.38. The average molecular weight is 251 g/mol. The van der Waals surface area contributed by atoms with Crippen LogP contribution in [0.15, 0.2) is 65.1 Å². The van der Waals surface area contributed by atoms with Crippen molar-refractivity contribution in [3.8, 4) is 22.8 Å². The summed E-state index contributed by atoms with van der Waals surface area (Å²) in [6.07, 6.45) is 0. The quantitative estimate of drug-likeness (QED) is 0.775. The van der Waals surface area contributed by atoms with Crippen molar-refractivity contribution < 1.29 is 9.52 Å². The van der Waals surface area contributed by atoms with Gasteiger partial charge in [-0.15, -0.1) is 0 Å². The van der Waals surface area contributed by atoms with E-state index in [9.17, 15) is 5.11 Å². The van der Waals surface area contributed by atoms with E-state index >= 15 is 0 Å². The van der Waals surface area contributed by atoms with E-state index in [1.54, 1.807) is 0 Å². The van der Waals surface area contributed by atoms with Crippen molar-refractivity contribution in [1.82, 2.24) is 4.98 Å². The molecule has 0 aliphatic carbocycles. The molecule has 3 nitrogen and oxygen atoms in total. The Morgan fingerprint density at radius 1 is 0.842 bits per heavy atom. The molecular weight excluding hydrogens is 238 g/mol. The van der Waals surface area contributed by atoms with Crippen LogP contribution in [0.1, 0.15) is 5.69 Å². The standard InChI is InChI=1S/C16H13NO2/c18-11-14-15(12-7-3-1-4-8-12)19-16(17-14)13-9-5-2-6-10-13/h1-10,18H,11H2. The number of rotatable bonds is 3. The van der Waals surface area contributed by atoms with Crippen molar-refractivity contribution in [2.45, 2.75) is 6.61 Å². The number of oxazole rings is 1. The van der Waals surface area contributed by atoms with Crippen LogP contribution in [0, 0.1) is 0 Å². The highest BCUT2D eigenvalue weighted by Crippen LogP contribution is 2.29. The summed E-state index contributed by atoms with van der Waals surface area (Å²) in [4.78, 5) is 4.36. The van der Waals surface area contributed by atoms with Crippen LogP contribution in [0.25, 0.3) is 22.8 Å². The predicted molar refractivity (Wildman–Crippen MR) is 73.3 cm³/mol. The Hall–Kier alpha value is -2.39. The van der Waals surface area contributed by atoms with Gasteiger partial charge in [0.05, 0.1) is 6.61 Å². The molecule has 19 heavy (non-hydrogen) atoms. The molecular formula is C16H13NO2. The van der Waals surface area contributed by atoms with Gasteiger partial charge in [-0.2, -0.15) is 0 Å². The molecule has 0 fully saturated rings. The maximum Gasteiger partial charge on any atom is 0.227 e. The van der Waals surface area contributed by atoms with Gasteiger partial charge in [-0.3, -0.25) is 0 Å². The van der Waals surface area contributed by atoms with E-state index in [4.69, 9.17) is 4.42 Å². The van der Waals surface area contributed by atoms with Crippen LogP contribution in [-0.4, -0.2) is 10.1 Å². The monoisotopic (exact) mass is 251 g/mol. The van der Waals surface area contributed by atoms with Crippen molar-refractivity contribution in [2.24, 2.45) is 0 Å². The Kier molecular flexibility index (Phi) is 3.12. The maximum absolute atomic E-state index is 9.42. The van der Waals surface area contributed by atoms with E-state index in [-0.39, 0.29) is 6.61 Å². The van der Waals surface area contributed by atoms with Crippen LogP contribution in [0.2, 0.25) is 0 Å². The number of aliphatic hydroxyl groups is 1. The van der Waals surface area contributed by atoms with Gasteiger partial charge in [0.25, 0.3) is 0 Å². The van der Waals surface area contributed by atoms with Crippen molar-refractivity contribution in [1.29, 1.82) is 0 Å². The van der Waals surface area contributed by atoms with Crippen molar-refractivity contribution in [2.75, 3.05) is 0 Å². The predicted octanol–water partition coefficient (Wildman–Crippen LogP) is 3.50. The first-order valence-electron chi connectivity index (χ1n) is 6.10. The molecule has 1 heterocycles. The van der Waals surface area contributed by atoms with Crippen LogP contribution < -0.4 is 0 Å². The lowest BCUT2D eigenvalue weighted by Crippen LogP contribution is -1.86. The van der Waals surface area contributed by atoms with E-state index in [1.807, 2.05) is 60.7 Å². The second-order valence-corrected chi connectivity index (χ2v) is 4.19. The van der Waals surface area contributed by atoms with Crippen LogP contribution >= 0.6 is 0 Å². The molecule has 2 aromatic carbocycles. The Labute approximate surface area is 111 Å². The average Bonchev–Trinajstić information content (AvgIpc) is 2.93. The third-order valence-electron chi connectivity index (χ3n) is 2.90. The Morgan fingerprint density at radius 3 is 2.00 bits per heavy atom. The van der Waals surface area contributed by atoms with Gasteiger partial charge in [0.2, 0.25) is 5.89 Å². The zero-order chi connectivity index (χ0) is 13.1. The Morgan fingerprint density at radius 2 is 1.42 bits per heavy atom. The van der Waals surface area contributed by atoms with Gasteiger partial charge in [-0.25, -0.2) is 4.98 Å². The largest absolute Gasteiger partial charge is 0.436 e. The number of hydrogen-bond acceptors (Lipinski definition) is 3. The molecule has 1 aromatic heterocycles. The molecule has 3 aromatic rings. The molecule has 0 saturated heterocycles. The lowest BCUT2D eigenvalue weighted by Gasteiger charge is -1.97. The number of nitrogens with zero attached hydrogens (tertiary/aromatic N) is 1. The third-order valence-corrected chi connectivity index (χ3v) is 2.90. The third kappa shape index (κ3) is 2.28. The SMILES string of the molecule is OCc1nc(-c2ccccc2)oc1-c1ccccc1. The molecule has 0 aliphatic rings. The van der Waals surface area contributed by atoms with Crippen molar-refractivity contribution >= 4 is 0 Å². The zero-order valence-corrected chi connectivity index (χ0v) is 10.3. The summed E-state index contributed by atoms with van der Waals surface area (Å²) in [6.45, 7) is -0.138. The fourth-order valence-corrected chi connectivity index (χ4v) is 1.98. The molecule has 3 rings (SSSR count). The van der Waals surface area contributed by atoms with Gasteiger partial charge in [-0.05, 0) is 12.1 Å². The molecule has 0 amide bonds. The van der Waals surface area contributed by atoms with E-state index in [0.29, 0.717) is 17.3 Å². The van der Waals surface area contributed by atoms with Gasteiger partial charge in [0, 0.05) is 11.1 Å². The van der Waals surface area contributed by atoms with Gasteiger partial charge in [0.1, 0.15) is 5.69 Å². The van der Waals surface area contributed by atoms with Gasteiger partial charge in [0.15, 0.2) is 5.76 Å². The van der Waals surface area contributed by atoms with E-state index < -0.39 is 0 Å². The second-order valence-electron chi connectivity index (χ2n) is 4.19. The Balaban J connectivity index is 2.09. The lowest BCUT2D eigenvalue weighted by molar-refractivity contribution is 0.277. The van der Waals surface area contributed by atoms with Crippen molar-refractivity contribution in [3.63, 3.8) is 0 Å². The summed E-state index contributed by atoms with van der Waals surface area (Å²) in [5, 5.41) is 9.42. The van der Waals surface area contributed by atoms with Gasteiger partial charge in [-0.1, -0.05) is 48.5 Å². The summed E-state index contributed by atoms with van der Waals surface area (Å²) in [5.74, 6) is 1.16. The highest BCUT2D eigenvalue weighted by Gasteiger charge is 2.15. The molecule has 0 unspecified atom stereocenters. The number of hydrogen-bond donors (Lipinski definition) is 1. The first-order valence-corrected chi connectivity index (χ1v) is 6.10. The van der Waals surface area contributed by atoms with E-state index in [2.05, 4.69) is 4.98 Å². The summed E-state index contributed by atoms with van der Waals surface area (Å²) in [7, 11) is 0. The summed E-state index contributed by atoms with van der Waals surface area (Å²) in [5.41, 5.74) is 2.38. The summed E-state index contributed by atoms with van der Waals surface area (Å²) < 4.78 is 5.81. The molecule has 3 heteroatoms. The zero-order valence-electron chi connectivity index (χ0n) is 10.3. The highest BCUT2D eigenvalue weighted by molar-refractivity contribution is 5.63. The molecule has 0 aliphatic heterocycles. The summed E-state index contributed by atoms with van der Waals surface area (Å²) >= 11 is 0. The minimum atomic E-state index is -0.138.